The van der Waals surface area contributed by atoms with Crippen molar-refractivity contribution in [2.75, 3.05) is 0 Å². The van der Waals surface area contributed by atoms with Crippen LogP contribution in [0.5, 0.6) is 0 Å². The zero-order valence-corrected chi connectivity index (χ0v) is 9.29. The number of halogens is 2. The van der Waals surface area contributed by atoms with E-state index >= 15 is 0 Å². The van der Waals surface area contributed by atoms with Crippen LogP contribution >= 0.6 is 23.2 Å². The Morgan fingerprint density at radius 3 is 2.08 bits per heavy atom. The molecule has 0 amide bonds. The molecule has 0 fully saturated rings. The summed E-state index contributed by atoms with van der Waals surface area (Å²) in [6, 6.07) is 1.64. The highest BCUT2D eigenvalue weighted by Crippen LogP contribution is 2.20. The second kappa shape index (κ2) is 5.39. The lowest BCUT2D eigenvalue weighted by atomic mass is 10.2. The predicted octanol–water partition coefficient (Wildman–Crippen LogP) is 4.03. The Labute approximate surface area is 83.7 Å². The molecule has 1 nitrogen and oxygen atoms in total. The number of pyridine rings is 1. The summed E-state index contributed by atoms with van der Waals surface area (Å²) in [5.74, 6) is 0. The van der Waals surface area contributed by atoms with Crippen molar-refractivity contribution in [2.45, 2.75) is 27.7 Å². The van der Waals surface area contributed by atoms with Gasteiger partial charge in [0.1, 0.15) is 5.15 Å². The number of hydrogen-bond acceptors (Lipinski definition) is 1. The second-order valence-electron chi connectivity index (χ2n) is 2.14. The van der Waals surface area contributed by atoms with Gasteiger partial charge in [-0.15, -0.1) is 0 Å². The van der Waals surface area contributed by atoms with E-state index in [1.807, 2.05) is 27.7 Å². The van der Waals surface area contributed by atoms with E-state index in [1.54, 1.807) is 6.07 Å². The highest BCUT2D eigenvalue weighted by Gasteiger charge is 2.00. The summed E-state index contributed by atoms with van der Waals surface area (Å²) in [6.07, 6.45) is 0. The number of aryl methyl sites for hydroxylation is 1. The summed E-state index contributed by atoms with van der Waals surface area (Å²) < 4.78 is 0. The molecule has 0 aromatic carbocycles. The van der Waals surface area contributed by atoms with Gasteiger partial charge in [0.05, 0.1) is 0 Å². The Balaban J connectivity index is 0.000000561. The van der Waals surface area contributed by atoms with Crippen LogP contribution in [0, 0.1) is 13.8 Å². The van der Waals surface area contributed by atoms with E-state index in [2.05, 4.69) is 4.98 Å². The minimum absolute atomic E-state index is 0.452. The molecule has 0 radical (unpaired) electrons. The van der Waals surface area contributed by atoms with E-state index in [-0.39, 0.29) is 0 Å². The van der Waals surface area contributed by atoms with Crippen molar-refractivity contribution in [1.29, 1.82) is 0 Å². The highest BCUT2D eigenvalue weighted by atomic mass is 35.5. The van der Waals surface area contributed by atoms with E-state index in [0.29, 0.717) is 10.2 Å². The lowest BCUT2D eigenvalue weighted by Gasteiger charge is -2.00. The van der Waals surface area contributed by atoms with Gasteiger partial charge in [0, 0.05) is 10.7 Å². The Morgan fingerprint density at radius 1 is 1.17 bits per heavy atom. The quantitative estimate of drug-likeness (QED) is 0.584. The highest BCUT2D eigenvalue weighted by molar-refractivity contribution is 6.34. The van der Waals surface area contributed by atoms with Crippen molar-refractivity contribution in [3.05, 3.63) is 27.5 Å². The molecular formula is C9H13Cl2N. The van der Waals surface area contributed by atoms with Gasteiger partial charge in [0.25, 0.3) is 0 Å². The maximum Gasteiger partial charge on any atom is 0.130 e. The molecule has 1 aromatic rings. The summed E-state index contributed by atoms with van der Waals surface area (Å²) in [4.78, 5) is 4.01. The average molecular weight is 206 g/mol. The number of rotatable bonds is 0. The number of hydrogen-bond donors (Lipinski definition) is 0. The molecule has 0 unspecified atom stereocenters. The molecule has 0 saturated heterocycles. The molecule has 0 saturated carbocycles. The van der Waals surface area contributed by atoms with Crippen molar-refractivity contribution in [3.63, 3.8) is 0 Å². The molecule has 0 aliphatic rings. The lowest BCUT2D eigenvalue weighted by molar-refractivity contribution is 1.15. The number of aromatic nitrogens is 1. The second-order valence-corrected chi connectivity index (χ2v) is 2.93. The Hall–Kier alpha value is -0.270. The summed E-state index contributed by atoms with van der Waals surface area (Å²) in [6.45, 7) is 7.80. The largest absolute Gasteiger partial charge is 0.241 e. The zero-order chi connectivity index (χ0) is 9.72. The maximum absolute atomic E-state index is 5.79. The Morgan fingerprint density at radius 2 is 1.67 bits per heavy atom. The fourth-order valence-electron chi connectivity index (χ4n) is 0.662. The van der Waals surface area contributed by atoms with Crippen LogP contribution in [-0.2, 0) is 0 Å². The maximum atomic E-state index is 5.79. The van der Waals surface area contributed by atoms with Crippen LogP contribution in [0.15, 0.2) is 6.07 Å². The minimum Gasteiger partial charge on any atom is -0.241 e. The van der Waals surface area contributed by atoms with Crippen molar-refractivity contribution < 1.29 is 0 Å². The van der Waals surface area contributed by atoms with Crippen LogP contribution in [0.2, 0.25) is 10.2 Å². The van der Waals surface area contributed by atoms with Crippen LogP contribution in [-0.4, -0.2) is 4.98 Å². The van der Waals surface area contributed by atoms with Crippen LogP contribution in [0.4, 0.5) is 0 Å². The monoisotopic (exact) mass is 205 g/mol. The Bertz CT molecular complexity index is 236. The van der Waals surface area contributed by atoms with Gasteiger partial charge in [-0.05, 0) is 25.5 Å². The third kappa shape index (κ3) is 3.00. The van der Waals surface area contributed by atoms with E-state index < -0.39 is 0 Å². The third-order valence-corrected chi connectivity index (χ3v) is 2.01. The first-order valence-corrected chi connectivity index (χ1v) is 4.66. The third-order valence-electron chi connectivity index (χ3n) is 1.42. The van der Waals surface area contributed by atoms with Crippen molar-refractivity contribution in [1.82, 2.24) is 4.98 Å². The molecule has 12 heavy (non-hydrogen) atoms. The van der Waals surface area contributed by atoms with Crippen LogP contribution in [0.1, 0.15) is 25.1 Å². The fourth-order valence-corrected chi connectivity index (χ4v) is 1.19. The van der Waals surface area contributed by atoms with Gasteiger partial charge >= 0.3 is 0 Å². The van der Waals surface area contributed by atoms with Crippen LogP contribution in [0.25, 0.3) is 0 Å². The van der Waals surface area contributed by atoms with Gasteiger partial charge in [-0.3, -0.25) is 0 Å². The Kier molecular flexibility index (Phi) is 5.27. The molecule has 0 bridgehead atoms. The van der Waals surface area contributed by atoms with Gasteiger partial charge in [-0.25, -0.2) is 4.98 Å². The van der Waals surface area contributed by atoms with Crippen LogP contribution in [0.3, 0.4) is 0 Å². The fraction of sp³-hybridized carbons (Fsp3) is 0.444. The molecule has 0 aliphatic heterocycles. The van der Waals surface area contributed by atoms with Gasteiger partial charge in [0.15, 0.2) is 0 Å². The molecule has 68 valence electrons. The molecule has 1 heterocycles. The molecule has 3 heteroatoms. The van der Waals surface area contributed by atoms with E-state index in [9.17, 15) is 0 Å². The summed E-state index contributed by atoms with van der Waals surface area (Å²) in [7, 11) is 0. The van der Waals surface area contributed by atoms with Gasteiger partial charge < -0.3 is 0 Å². The first-order chi connectivity index (χ1) is 5.61. The first kappa shape index (κ1) is 11.7. The van der Waals surface area contributed by atoms with Crippen molar-refractivity contribution in [2.24, 2.45) is 0 Å². The van der Waals surface area contributed by atoms with E-state index in [1.165, 1.54) is 0 Å². The molecule has 0 N–H and O–H groups in total. The van der Waals surface area contributed by atoms with Crippen molar-refractivity contribution >= 4 is 23.2 Å². The molecule has 0 atom stereocenters. The van der Waals surface area contributed by atoms with Gasteiger partial charge in [0.2, 0.25) is 0 Å². The summed E-state index contributed by atoms with van der Waals surface area (Å²) >= 11 is 11.4. The summed E-state index contributed by atoms with van der Waals surface area (Å²) in [5.41, 5.74) is 1.88. The molecule has 1 rings (SSSR count). The normalized spacial score (nSPS) is 8.83. The SMILES string of the molecule is CC.Cc1nc(Cl)cc(Cl)c1C. The molecular weight excluding hydrogens is 193 g/mol. The lowest BCUT2D eigenvalue weighted by Crippen LogP contribution is -1.87. The first-order valence-electron chi connectivity index (χ1n) is 3.90. The number of nitrogens with zero attached hydrogens (tertiary/aromatic N) is 1. The smallest absolute Gasteiger partial charge is 0.130 e. The molecule has 0 spiro atoms. The van der Waals surface area contributed by atoms with Gasteiger partial charge in [-0.2, -0.15) is 0 Å². The topological polar surface area (TPSA) is 12.9 Å². The molecule has 0 aliphatic carbocycles. The van der Waals surface area contributed by atoms with Crippen LogP contribution < -0.4 is 0 Å². The predicted molar refractivity (Wildman–Crippen MR) is 55.1 cm³/mol. The molecule has 1 aromatic heterocycles. The van der Waals surface area contributed by atoms with Crippen molar-refractivity contribution in [3.8, 4) is 0 Å². The minimum atomic E-state index is 0.452. The average Bonchev–Trinajstić information content (AvgIpc) is 2.04. The standard InChI is InChI=1S/C7H7Cl2N.C2H6/c1-4-5(2)10-7(9)3-6(4)8;1-2/h3H,1-2H3;1-2H3. The summed E-state index contributed by atoms with van der Waals surface area (Å²) in [5, 5.41) is 1.13. The van der Waals surface area contributed by atoms with Gasteiger partial charge in [-0.1, -0.05) is 37.0 Å². The zero-order valence-electron chi connectivity index (χ0n) is 7.78. The van der Waals surface area contributed by atoms with E-state index in [4.69, 9.17) is 23.2 Å². The van der Waals surface area contributed by atoms with E-state index in [0.717, 1.165) is 11.3 Å².